The van der Waals surface area contributed by atoms with E-state index in [1.807, 2.05) is 0 Å². The average molecular weight is 276 g/mol. The summed E-state index contributed by atoms with van der Waals surface area (Å²) in [6.45, 7) is 16.6. The monoisotopic (exact) mass is 276 g/mol. The third-order valence-electron chi connectivity index (χ3n) is 3.23. The second kappa shape index (κ2) is 7.12. The Morgan fingerprint density at radius 3 is 2.40 bits per heavy atom. The van der Waals surface area contributed by atoms with Gasteiger partial charge in [0.2, 0.25) is 0 Å². The van der Waals surface area contributed by atoms with E-state index in [1.165, 1.54) is 16.8 Å². The summed E-state index contributed by atoms with van der Waals surface area (Å²) in [6, 6.07) is 6.77. The lowest BCUT2D eigenvalue weighted by Crippen LogP contribution is -2.30. The Morgan fingerprint density at radius 2 is 1.85 bits per heavy atom. The largest absolute Gasteiger partial charge is 0.374 e. The van der Waals surface area contributed by atoms with Crippen molar-refractivity contribution in [2.45, 2.75) is 48.1 Å². The Labute approximate surface area is 125 Å². The molecule has 0 heterocycles. The molecule has 0 atom stereocenters. The average Bonchev–Trinajstić information content (AvgIpc) is 2.25. The quantitative estimate of drug-likeness (QED) is 0.836. The van der Waals surface area contributed by atoms with Crippen molar-refractivity contribution in [1.82, 2.24) is 5.32 Å². The van der Waals surface area contributed by atoms with Gasteiger partial charge in [0, 0.05) is 25.8 Å². The summed E-state index contributed by atoms with van der Waals surface area (Å²) in [7, 11) is 2.20. The lowest BCUT2D eigenvalue weighted by Gasteiger charge is -2.30. The zero-order chi connectivity index (χ0) is 15.3. The first kappa shape index (κ1) is 17.0. The number of rotatable bonds is 6. The molecule has 0 radical (unpaired) electrons. The molecule has 114 valence electrons. The fraction of sp³-hybridized carbons (Fsp3) is 0.667. The molecule has 20 heavy (non-hydrogen) atoms. The molecule has 0 saturated heterocycles. The molecule has 1 aromatic carbocycles. The van der Waals surface area contributed by atoms with Crippen molar-refractivity contribution >= 4 is 5.69 Å². The number of aryl methyl sites for hydroxylation is 1. The second-order valence-electron chi connectivity index (χ2n) is 7.57. The highest BCUT2D eigenvalue weighted by molar-refractivity contribution is 5.54. The lowest BCUT2D eigenvalue weighted by atomic mass is 9.95. The van der Waals surface area contributed by atoms with Crippen molar-refractivity contribution in [3.8, 4) is 0 Å². The van der Waals surface area contributed by atoms with Gasteiger partial charge in [0.05, 0.1) is 0 Å². The first-order valence-corrected chi connectivity index (χ1v) is 7.70. The van der Waals surface area contributed by atoms with E-state index in [4.69, 9.17) is 0 Å². The van der Waals surface area contributed by atoms with Gasteiger partial charge in [0.1, 0.15) is 0 Å². The van der Waals surface area contributed by atoms with Crippen LogP contribution in [0.2, 0.25) is 0 Å². The van der Waals surface area contributed by atoms with Crippen LogP contribution < -0.4 is 10.2 Å². The molecule has 1 rings (SSSR count). The SMILES string of the molecule is Cc1ccc(N(C)CC(C)(C)C)c(CNCC(C)C)c1. The molecule has 0 aliphatic carbocycles. The standard InChI is InChI=1S/C18H32N2/c1-14(2)11-19-12-16-10-15(3)8-9-17(16)20(7)13-18(4,5)6/h8-10,14,19H,11-13H2,1-7H3. The van der Waals surface area contributed by atoms with Crippen molar-refractivity contribution in [1.29, 1.82) is 0 Å². The van der Waals surface area contributed by atoms with Crippen molar-refractivity contribution in [3.63, 3.8) is 0 Å². The molecule has 2 nitrogen and oxygen atoms in total. The molecule has 0 saturated carbocycles. The third kappa shape index (κ3) is 5.96. The van der Waals surface area contributed by atoms with Crippen LogP contribution in [0.1, 0.15) is 45.7 Å². The first-order valence-electron chi connectivity index (χ1n) is 7.70. The van der Waals surface area contributed by atoms with E-state index >= 15 is 0 Å². The maximum Gasteiger partial charge on any atom is 0.0409 e. The fourth-order valence-corrected chi connectivity index (χ4v) is 2.52. The van der Waals surface area contributed by atoms with E-state index < -0.39 is 0 Å². The molecule has 0 bridgehead atoms. The van der Waals surface area contributed by atoms with E-state index in [0.717, 1.165) is 19.6 Å². The summed E-state index contributed by atoms with van der Waals surface area (Å²) in [6.07, 6.45) is 0. The zero-order valence-electron chi connectivity index (χ0n) is 14.4. The maximum absolute atomic E-state index is 3.56. The Kier molecular flexibility index (Phi) is 6.07. The van der Waals surface area contributed by atoms with Crippen LogP contribution in [0.25, 0.3) is 0 Å². The van der Waals surface area contributed by atoms with Crippen LogP contribution >= 0.6 is 0 Å². The van der Waals surface area contributed by atoms with Gasteiger partial charge in [-0.1, -0.05) is 52.3 Å². The molecule has 0 unspecified atom stereocenters. The van der Waals surface area contributed by atoms with Crippen LogP contribution in [0.15, 0.2) is 18.2 Å². The maximum atomic E-state index is 3.56. The highest BCUT2D eigenvalue weighted by atomic mass is 15.1. The van der Waals surface area contributed by atoms with Gasteiger partial charge in [-0.3, -0.25) is 0 Å². The van der Waals surface area contributed by atoms with Gasteiger partial charge in [-0.15, -0.1) is 0 Å². The van der Waals surface area contributed by atoms with Crippen molar-refractivity contribution in [2.75, 3.05) is 25.0 Å². The van der Waals surface area contributed by atoms with Crippen LogP contribution in [-0.2, 0) is 6.54 Å². The Balaban J connectivity index is 2.83. The van der Waals surface area contributed by atoms with Gasteiger partial charge < -0.3 is 10.2 Å². The number of nitrogens with one attached hydrogen (secondary N) is 1. The highest BCUT2D eigenvalue weighted by Gasteiger charge is 2.16. The Bertz CT molecular complexity index is 416. The number of hydrogen-bond donors (Lipinski definition) is 1. The van der Waals surface area contributed by atoms with Gasteiger partial charge in [-0.2, -0.15) is 0 Å². The normalized spacial score (nSPS) is 12.0. The number of hydrogen-bond acceptors (Lipinski definition) is 2. The summed E-state index contributed by atoms with van der Waals surface area (Å²) >= 11 is 0. The fourth-order valence-electron chi connectivity index (χ4n) is 2.52. The van der Waals surface area contributed by atoms with Crippen molar-refractivity contribution in [3.05, 3.63) is 29.3 Å². The van der Waals surface area contributed by atoms with E-state index in [1.54, 1.807) is 0 Å². The first-order chi connectivity index (χ1) is 9.19. The molecular formula is C18H32N2. The summed E-state index contributed by atoms with van der Waals surface area (Å²) in [4.78, 5) is 2.38. The van der Waals surface area contributed by atoms with E-state index in [9.17, 15) is 0 Å². The van der Waals surface area contributed by atoms with Gasteiger partial charge in [0.25, 0.3) is 0 Å². The summed E-state index contributed by atoms with van der Waals surface area (Å²) in [5, 5.41) is 3.56. The summed E-state index contributed by atoms with van der Waals surface area (Å²) in [5.74, 6) is 0.690. The molecule has 1 aromatic rings. The predicted molar refractivity (Wildman–Crippen MR) is 90.4 cm³/mol. The molecule has 2 heteroatoms. The Morgan fingerprint density at radius 1 is 1.20 bits per heavy atom. The number of nitrogens with zero attached hydrogens (tertiary/aromatic N) is 1. The minimum Gasteiger partial charge on any atom is -0.374 e. The van der Waals surface area contributed by atoms with E-state index in [0.29, 0.717) is 11.3 Å². The molecule has 0 spiro atoms. The van der Waals surface area contributed by atoms with Crippen molar-refractivity contribution < 1.29 is 0 Å². The van der Waals surface area contributed by atoms with E-state index in [2.05, 4.69) is 77.0 Å². The second-order valence-corrected chi connectivity index (χ2v) is 7.57. The minimum atomic E-state index is 0.308. The molecule has 0 aliphatic rings. The minimum absolute atomic E-state index is 0.308. The number of anilines is 1. The van der Waals surface area contributed by atoms with Crippen molar-refractivity contribution in [2.24, 2.45) is 11.3 Å². The Hall–Kier alpha value is -1.02. The molecule has 0 aliphatic heterocycles. The van der Waals surface area contributed by atoms with Crippen LogP contribution in [0.4, 0.5) is 5.69 Å². The molecule has 0 fully saturated rings. The van der Waals surface area contributed by atoms with Crippen LogP contribution in [0.3, 0.4) is 0 Å². The lowest BCUT2D eigenvalue weighted by molar-refractivity contribution is 0.418. The van der Waals surface area contributed by atoms with E-state index in [-0.39, 0.29) is 0 Å². The van der Waals surface area contributed by atoms with Crippen LogP contribution in [-0.4, -0.2) is 20.1 Å². The number of benzene rings is 1. The summed E-state index contributed by atoms with van der Waals surface area (Å²) < 4.78 is 0. The van der Waals surface area contributed by atoms with Gasteiger partial charge >= 0.3 is 0 Å². The third-order valence-corrected chi connectivity index (χ3v) is 3.23. The van der Waals surface area contributed by atoms with Crippen LogP contribution in [0, 0.1) is 18.3 Å². The molecule has 0 amide bonds. The van der Waals surface area contributed by atoms with Gasteiger partial charge in [-0.25, -0.2) is 0 Å². The molecule has 1 N–H and O–H groups in total. The predicted octanol–water partition coefficient (Wildman–Crippen LogP) is 4.22. The van der Waals surface area contributed by atoms with Gasteiger partial charge in [-0.05, 0) is 36.4 Å². The topological polar surface area (TPSA) is 15.3 Å². The zero-order valence-corrected chi connectivity index (χ0v) is 14.4. The molecular weight excluding hydrogens is 244 g/mol. The smallest absolute Gasteiger partial charge is 0.0409 e. The highest BCUT2D eigenvalue weighted by Crippen LogP contribution is 2.25. The molecule has 0 aromatic heterocycles. The summed E-state index contributed by atoms with van der Waals surface area (Å²) in [5.41, 5.74) is 4.39. The van der Waals surface area contributed by atoms with Crippen LogP contribution in [0.5, 0.6) is 0 Å². The van der Waals surface area contributed by atoms with Gasteiger partial charge in [0.15, 0.2) is 0 Å².